The molecule has 0 aliphatic heterocycles. The summed E-state index contributed by atoms with van der Waals surface area (Å²) in [4.78, 5) is 0. The second-order valence-electron chi connectivity index (χ2n) is 3.72. The summed E-state index contributed by atoms with van der Waals surface area (Å²) < 4.78 is 0. The Kier molecular flexibility index (Phi) is 3.33. The largest absolute Gasteiger partial charge is 0.393 e. The van der Waals surface area contributed by atoms with Crippen molar-refractivity contribution < 1.29 is 10.2 Å². The Morgan fingerprint density at radius 3 is 1.70 bits per heavy atom. The smallest absolute Gasteiger partial charge is 0.0563 e. The molecule has 0 aromatic carbocycles. The van der Waals surface area contributed by atoms with Gasteiger partial charge in [0, 0.05) is 0 Å². The van der Waals surface area contributed by atoms with Crippen LogP contribution in [0.5, 0.6) is 0 Å². The van der Waals surface area contributed by atoms with Crippen LogP contribution in [0.15, 0.2) is 0 Å². The highest BCUT2D eigenvalue weighted by atomic mass is 16.3. The molecule has 2 nitrogen and oxygen atoms in total. The van der Waals surface area contributed by atoms with Gasteiger partial charge >= 0.3 is 0 Å². The van der Waals surface area contributed by atoms with Crippen LogP contribution < -0.4 is 0 Å². The molecule has 0 saturated carbocycles. The van der Waals surface area contributed by atoms with Gasteiger partial charge in [0.15, 0.2) is 0 Å². The second-order valence-corrected chi connectivity index (χ2v) is 3.72. The van der Waals surface area contributed by atoms with E-state index < -0.39 is 0 Å². The molecule has 0 saturated heterocycles. The lowest BCUT2D eigenvalue weighted by Gasteiger charge is -2.29. The van der Waals surface area contributed by atoms with Crippen molar-refractivity contribution in [2.45, 2.75) is 46.3 Å². The first-order valence-electron chi connectivity index (χ1n) is 3.72. The molecule has 0 radical (unpaired) electrons. The van der Waals surface area contributed by atoms with Gasteiger partial charge in [-0.1, -0.05) is 13.8 Å². The van der Waals surface area contributed by atoms with Crippen LogP contribution in [-0.2, 0) is 0 Å². The molecule has 2 N–H and O–H groups in total. The first-order chi connectivity index (χ1) is 4.36. The summed E-state index contributed by atoms with van der Waals surface area (Å²) in [6, 6.07) is 0. The van der Waals surface area contributed by atoms with Crippen molar-refractivity contribution in [1.29, 1.82) is 0 Å². The Bertz CT molecular complexity index is 95.4. The van der Waals surface area contributed by atoms with Gasteiger partial charge in [0.1, 0.15) is 0 Å². The summed E-state index contributed by atoms with van der Waals surface area (Å²) in [7, 11) is 0. The molecule has 0 heterocycles. The van der Waals surface area contributed by atoms with Gasteiger partial charge in [0.25, 0.3) is 0 Å². The van der Waals surface area contributed by atoms with E-state index in [2.05, 4.69) is 0 Å². The Balaban J connectivity index is 3.87. The summed E-state index contributed by atoms with van der Waals surface area (Å²) >= 11 is 0. The molecule has 0 spiro atoms. The van der Waals surface area contributed by atoms with E-state index in [1.165, 1.54) is 0 Å². The summed E-state index contributed by atoms with van der Waals surface area (Å²) in [5.74, 6) is 0. The average Bonchev–Trinajstić information content (AvgIpc) is 1.60. The van der Waals surface area contributed by atoms with Crippen LogP contribution in [-0.4, -0.2) is 22.4 Å². The SMILES string of the molecule is CC(O)CC(C)(C)C(C)O. The van der Waals surface area contributed by atoms with Crippen molar-refractivity contribution >= 4 is 0 Å². The van der Waals surface area contributed by atoms with Crippen LogP contribution in [0.3, 0.4) is 0 Å². The van der Waals surface area contributed by atoms with E-state index in [1.54, 1.807) is 13.8 Å². The monoisotopic (exact) mass is 146 g/mol. The summed E-state index contributed by atoms with van der Waals surface area (Å²) in [5, 5.41) is 18.2. The fourth-order valence-corrected chi connectivity index (χ4v) is 0.932. The quantitative estimate of drug-likeness (QED) is 0.627. The Morgan fingerprint density at radius 2 is 1.60 bits per heavy atom. The first-order valence-corrected chi connectivity index (χ1v) is 3.72. The van der Waals surface area contributed by atoms with E-state index in [0.29, 0.717) is 6.42 Å². The predicted molar refractivity (Wildman–Crippen MR) is 41.8 cm³/mol. The van der Waals surface area contributed by atoms with Gasteiger partial charge in [0.05, 0.1) is 12.2 Å². The van der Waals surface area contributed by atoms with Crippen molar-refractivity contribution in [3.63, 3.8) is 0 Å². The minimum Gasteiger partial charge on any atom is -0.393 e. The van der Waals surface area contributed by atoms with Gasteiger partial charge in [-0.25, -0.2) is 0 Å². The number of hydrogen-bond acceptors (Lipinski definition) is 2. The van der Waals surface area contributed by atoms with E-state index in [9.17, 15) is 5.11 Å². The van der Waals surface area contributed by atoms with Crippen molar-refractivity contribution in [2.75, 3.05) is 0 Å². The standard InChI is InChI=1S/C8H18O2/c1-6(9)5-8(3,4)7(2)10/h6-7,9-10H,5H2,1-4H3. The second kappa shape index (κ2) is 3.35. The van der Waals surface area contributed by atoms with Crippen molar-refractivity contribution in [3.8, 4) is 0 Å². The van der Waals surface area contributed by atoms with Gasteiger partial charge in [0.2, 0.25) is 0 Å². The molecular weight excluding hydrogens is 128 g/mol. The van der Waals surface area contributed by atoms with E-state index in [4.69, 9.17) is 5.11 Å². The van der Waals surface area contributed by atoms with Gasteiger partial charge < -0.3 is 10.2 Å². The molecule has 0 aliphatic carbocycles. The zero-order chi connectivity index (χ0) is 8.36. The number of aliphatic hydroxyl groups is 2. The molecule has 2 unspecified atom stereocenters. The molecule has 0 aliphatic rings. The third-order valence-electron chi connectivity index (χ3n) is 1.95. The lowest BCUT2D eigenvalue weighted by atomic mass is 9.82. The molecule has 0 aromatic heterocycles. The summed E-state index contributed by atoms with van der Waals surface area (Å²) in [6.45, 7) is 7.39. The van der Waals surface area contributed by atoms with Crippen molar-refractivity contribution in [1.82, 2.24) is 0 Å². The highest BCUT2D eigenvalue weighted by Gasteiger charge is 2.25. The number of hydrogen-bond donors (Lipinski definition) is 2. The lowest BCUT2D eigenvalue weighted by Crippen LogP contribution is -2.29. The highest BCUT2D eigenvalue weighted by molar-refractivity contribution is 4.76. The Hall–Kier alpha value is -0.0800. The Morgan fingerprint density at radius 1 is 1.20 bits per heavy atom. The molecule has 0 fully saturated rings. The van der Waals surface area contributed by atoms with E-state index >= 15 is 0 Å². The third kappa shape index (κ3) is 3.18. The summed E-state index contributed by atoms with van der Waals surface area (Å²) in [5.41, 5.74) is -0.172. The maximum atomic E-state index is 9.22. The molecule has 62 valence electrons. The molecule has 10 heavy (non-hydrogen) atoms. The lowest BCUT2D eigenvalue weighted by molar-refractivity contribution is 0.0247. The molecule has 2 heteroatoms. The average molecular weight is 146 g/mol. The zero-order valence-corrected chi connectivity index (χ0v) is 7.26. The van der Waals surface area contributed by atoms with E-state index in [1.807, 2.05) is 13.8 Å². The minimum absolute atomic E-state index is 0.172. The number of rotatable bonds is 3. The third-order valence-corrected chi connectivity index (χ3v) is 1.95. The van der Waals surface area contributed by atoms with Crippen LogP contribution in [0.4, 0.5) is 0 Å². The first kappa shape index (κ1) is 9.92. The fourth-order valence-electron chi connectivity index (χ4n) is 0.932. The predicted octanol–water partition coefficient (Wildman–Crippen LogP) is 1.16. The van der Waals surface area contributed by atoms with Crippen LogP contribution in [0.2, 0.25) is 0 Å². The fraction of sp³-hybridized carbons (Fsp3) is 1.00. The molecule has 0 amide bonds. The zero-order valence-electron chi connectivity index (χ0n) is 7.26. The molecule has 2 atom stereocenters. The van der Waals surface area contributed by atoms with Gasteiger partial charge in [-0.15, -0.1) is 0 Å². The maximum Gasteiger partial charge on any atom is 0.0563 e. The molecule has 0 aromatic rings. The van der Waals surface area contributed by atoms with Crippen LogP contribution in [0.1, 0.15) is 34.1 Å². The van der Waals surface area contributed by atoms with Crippen molar-refractivity contribution in [3.05, 3.63) is 0 Å². The van der Waals surface area contributed by atoms with Crippen LogP contribution in [0.25, 0.3) is 0 Å². The van der Waals surface area contributed by atoms with Gasteiger partial charge in [-0.3, -0.25) is 0 Å². The maximum absolute atomic E-state index is 9.22. The van der Waals surface area contributed by atoms with Crippen LogP contribution >= 0.6 is 0 Å². The molecular formula is C8H18O2. The summed E-state index contributed by atoms with van der Waals surface area (Å²) in [6.07, 6.45) is -0.0447. The van der Waals surface area contributed by atoms with Crippen LogP contribution in [0, 0.1) is 5.41 Å². The van der Waals surface area contributed by atoms with E-state index in [-0.39, 0.29) is 17.6 Å². The van der Waals surface area contributed by atoms with Crippen molar-refractivity contribution in [2.24, 2.45) is 5.41 Å². The van der Waals surface area contributed by atoms with E-state index in [0.717, 1.165) is 0 Å². The molecule has 0 bridgehead atoms. The van der Waals surface area contributed by atoms with Gasteiger partial charge in [-0.05, 0) is 25.7 Å². The normalized spacial score (nSPS) is 18.6. The molecule has 0 rings (SSSR count). The number of aliphatic hydroxyl groups excluding tert-OH is 2. The van der Waals surface area contributed by atoms with Gasteiger partial charge in [-0.2, -0.15) is 0 Å². The topological polar surface area (TPSA) is 40.5 Å². The Labute approximate surface area is 62.9 Å². The highest BCUT2D eigenvalue weighted by Crippen LogP contribution is 2.26. The minimum atomic E-state index is -0.359.